The molecule has 0 rings (SSSR count). The van der Waals surface area contributed by atoms with Gasteiger partial charge in [0.25, 0.3) is 0 Å². The molecule has 0 aliphatic rings. The minimum absolute atomic E-state index is 0.0628. The van der Waals surface area contributed by atoms with E-state index in [-0.39, 0.29) is 6.10 Å². The van der Waals surface area contributed by atoms with E-state index >= 15 is 0 Å². The van der Waals surface area contributed by atoms with Gasteiger partial charge in [-0.2, -0.15) is 0 Å². The zero-order valence-corrected chi connectivity index (χ0v) is 6.53. The van der Waals surface area contributed by atoms with Gasteiger partial charge in [-0.15, -0.1) is 0 Å². The molecule has 0 spiro atoms. The molecule has 10 heavy (non-hydrogen) atoms. The van der Waals surface area contributed by atoms with Crippen LogP contribution >= 0.6 is 0 Å². The van der Waals surface area contributed by atoms with E-state index in [1.165, 1.54) is 0 Å². The van der Waals surface area contributed by atoms with Gasteiger partial charge in [0, 0.05) is 0 Å². The van der Waals surface area contributed by atoms with Gasteiger partial charge in [-0.05, 0) is 29.3 Å². The third kappa shape index (κ3) is 5.97. The van der Waals surface area contributed by atoms with Crippen molar-refractivity contribution in [3.8, 4) is 0 Å². The van der Waals surface area contributed by atoms with Crippen LogP contribution in [0.1, 0.15) is 27.2 Å². The molecule has 4 heteroatoms. The molecule has 1 atom stereocenters. The maximum Gasteiger partial charge on any atom is 0.0936 e. The molecule has 4 nitrogen and oxygen atoms in total. The topological polar surface area (TPSA) is 47.9 Å². The summed E-state index contributed by atoms with van der Waals surface area (Å²) in [6.45, 7) is 5.97. The molecular formula is C6H14O4. The van der Waals surface area contributed by atoms with Crippen LogP contribution in [0.5, 0.6) is 0 Å². The van der Waals surface area contributed by atoms with Gasteiger partial charge in [0.05, 0.1) is 6.10 Å². The van der Waals surface area contributed by atoms with Gasteiger partial charge in [-0.25, -0.2) is 10.1 Å². The molecule has 1 unspecified atom stereocenters. The van der Waals surface area contributed by atoms with Gasteiger partial charge >= 0.3 is 0 Å². The fourth-order valence-corrected chi connectivity index (χ4v) is 0.788. The van der Waals surface area contributed by atoms with Crippen molar-refractivity contribution in [1.29, 1.82) is 0 Å². The first-order valence-electron chi connectivity index (χ1n) is 3.30. The molecular weight excluding hydrogens is 136 g/mol. The summed E-state index contributed by atoms with van der Waals surface area (Å²) in [5.74, 6) is 0.539. The van der Waals surface area contributed by atoms with Crippen molar-refractivity contribution in [2.24, 2.45) is 5.92 Å². The average molecular weight is 150 g/mol. The first-order chi connectivity index (χ1) is 4.66. The summed E-state index contributed by atoms with van der Waals surface area (Å²) >= 11 is 0. The second kappa shape index (κ2) is 5.61. The molecule has 0 aromatic rings. The summed E-state index contributed by atoms with van der Waals surface area (Å²) in [4.78, 5) is 4.53. The predicted molar refractivity (Wildman–Crippen MR) is 34.8 cm³/mol. The van der Waals surface area contributed by atoms with Gasteiger partial charge < -0.3 is 0 Å². The standard InChI is InChI=1S/C6H14O4/c1-5(2)4-6(3)8-10-9-7/h5-7H,4H2,1-3H3. The van der Waals surface area contributed by atoms with E-state index in [1.807, 2.05) is 6.92 Å². The second-order valence-corrected chi connectivity index (χ2v) is 2.68. The first kappa shape index (κ1) is 9.84. The van der Waals surface area contributed by atoms with Gasteiger partial charge in [0.2, 0.25) is 0 Å². The highest BCUT2D eigenvalue weighted by Gasteiger charge is 2.05. The van der Waals surface area contributed by atoms with Gasteiger partial charge in [-0.1, -0.05) is 13.8 Å². The quantitative estimate of drug-likeness (QED) is 0.479. The Labute approximate surface area is 60.5 Å². The second-order valence-electron chi connectivity index (χ2n) is 2.68. The molecule has 1 N–H and O–H groups in total. The molecule has 0 fully saturated rings. The zero-order chi connectivity index (χ0) is 7.98. The molecule has 0 saturated heterocycles. The fourth-order valence-electron chi connectivity index (χ4n) is 0.788. The lowest BCUT2D eigenvalue weighted by Gasteiger charge is -2.10. The molecule has 0 saturated carbocycles. The Morgan fingerprint density at radius 2 is 1.90 bits per heavy atom. The summed E-state index contributed by atoms with van der Waals surface area (Å²) < 4.78 is 0. The minimum atomic E-state index is -0.0628. The van der Waals surface area contributed by atoms with E-state index in [0.29, 0.717) is 5.92 Å². The van der Waals surface area contributed by atoms with Gasteiger partial charge in [0.15, 0.2) is 0 Å². The van der Waals surface area contributed by atoms with Crippen molar-refractivity contribution >= 4 is 0 Å². The normalized spacial score (nSPS) is 14.1. The third-order valence-corrected chi connectivity index (χ3v) is 1.04. The van der Waals surface area contributed by atoms with Gasteiger partial charge in [-0.3, -0.25) is 0 Å². The van der Waals surface area contributed by atoms with Crippen molar-refractivity contribution in [3.63, 3.8) is 0 Å². The molecule has 62 valence electrons. The van der Waals surface area contributed by atoms with E-state index in [0.717, 1.165) is 6.42 Å². The first-order valence-corrected chi connectivity index (χ1v) is 3.30. The monoisotopic (exact) mass is 150 g/mol. The van der Waals surface area contributed by atoms with Crippen molar-refractivity contribution in [1.82, 2.24) is 0 Å². The summed E-state index contributed by atoms with van der Waals surface area (Å²) in [6, 6.07) is 0. The van der Waals surface area contributed by atoms with E-state index in [9.17, 15) is 0 Å². The molecule has 0 aliphatic carbocycles. The van der Waals surface area contributed by atoms with Crippen LogP contribution in [0, 0.1) is 5.92 Å². The lowest BCUT2D eigenvalue weighted by Crippen LogP contribution is -2.11. The Morgan fingerprint density at radius 1 is 1.30 bits per heavy atom. The van der Waals surface area contributed by atoms with Crippen LogP contribution in [-0.4, -0.2) is 11.4 Å². The molecule has 0 radical (unpaired) electrons. The molecule has 0 amide bonds. The third-order valence-electron chi connectivity index (χ3n) is 1.04. The molecule has 0 heterocycles. The maximum atomic E-state index is 7.70. The Morgan fingerprint density at radius 3 is 2.30 bits per heavy atom. The number of hydrogen-bond acceptors (Lipinski definition) is 4. The van der Waals surface area contributed by atoms with Crippen molar-refractivity contribution in [2.75, 3.05) is 0 Å². The van der Waals surface area contributed by atoms with E-state index in [4.69, 9.17) is 5.26 Å². The van der Waals surface area contributed by atoms with Crippen molar-refractivity contribution in [3.05, 3.63) is 0 Å². The summed E-state index contributed by atoms with van der Waals surface area (Å²) in [6.07, 6.45) is 0.802. The summed E-state index contributed by atoms with van der Waals surface area (Å²) in [7, 11) is 0. The maximum absolute atomic E-state index is 7.70. The Hall–Kier alpha value is -0.160. The highest BCUT2D eigenvalue weighted by Crippen LogP contribution is 2.07. The molecule has 0 aromatic heterocycles. The van der Waals surface area contributed by atoms with Crippen molar-refractivity contribution in [2.45, 2.75) is 33.3 Å². The SMILES string of the molecule is CC(C)CC(C)OOOO. The van der Waals surface area contributed by atoms with Crippen LogP contribution in [0.4, 0.5) is 0 Å². The lowest BCUT2D eigenvalue weighted by molar-refractivity contribution is -0.631. The smallest absolute Gasteiger partial charge is 0.0936 e. The van der Waals surface area contributed by atoms with Gasteiger partial charge in [0.1, 0.15) is 0 Å². The molecule has 0 aliphatic heterocycles. The average Bonchev–Trinajstić information content (AvgIpc) is 1.82. The summed E-state index contributed by atoms with van der Waals surface area (Å²) in [5.41, 5.74) is 0. The zero-order valence-electron chi connectivity index (χ0n) is 6.53. The summed E-state index contributed by atoms with van der Waals surface area (Å²) in [5, 5.41) is 14.8. The van der Waals surface area contributed by atoms with Crippen LogP contribution in [0.25, 0.3) is 0 Å². The van der Waals surface area contributed by atoms with E-state index in [2.05, 4.69) is 28.8 Å². The minimum Gasteiger partial charge on any atom is -0.219 e. The molecule has 0 aromatic carbocycles. The fraction of sp³-hybridized carbons (Fsp3) is 1.00. The predicted octanol–water partition coefficient (Wildman–Crippen LogP) is 1.77. The highest BCUT2D eigenvalue weighted by atomic mass is 17.6. The van der Waals surface area contributed by atoms with Crippen LogP contribution in [0.15, 0.2) is 0 Å². The highest BCUT2D eigenvalue weighted by molar-refractivity contribution is 4.50. The van der Waals surface area contributed by atoms with Crippen LogP contribution < -0.4 is 0 Å². The lowest BCUT2D eigenvalue weighted by atomic mass is 10.1. The number of hydrogen-bond donors (Lipinski definition) is 1. The Bertz CT molecular complexity index is 74.1. The van der Waals surface area contributed by atoms with Crippen LogP contribution in [0.2, 0.25) is 0 Å². The largest absolute Gasteiger partial charge is 0.219 e. The van der Waals surface area contributed by atoms with Crippen LogP contribution in [-0.2, 0) is 15.0 Å². The van der Waals surface area contributed by atoms with Crippen molar-refractivity contribution < 1.29 is 20.2 Å². The van der Waals surface area contributed by atoms with E-state index in [1.54, 1.807) is 0 Å². The Balaban J connectivity index is 3.16. The molecule has 0 bridgehead atoms. The van der Waals surface area contributed by atoms with Crippen LogP contribution in [0.3, 0.4) is 0 Å². The Kier molecular flexibility index (Phi) is 5.52. The van der Waals surface area contributed by atoms with E-state index < -0.39 is 0 Å². The number of rotatable bonds is 5.